The van der Waals surface area contributed by atoms with Crippen LogP contribution < -0.4 is 4.74 Å². The minimum atomic E-state index is -0.548. The van der Waals surface area contributed by atoms with Gasteiger partial charge in [-0.3, -0.25) is 9.48 Å². The number of hydrogen-bond acceptors (Lipinski definition) is 3. The van der Waals surface area contributed by atoms with Gasteiger partial charge >= 0.3 is 0 Å². The first-order valence-electron chi connectivity index (χ1n) is 6.00. The molecular weight excluding hydrogens is 327 g/mol. The minimum absolute atomic E-state index is 0.0735. The van der Waals surface area contributed by atoms with Crippen LogP contribution in [-0.4, -0.2) is 22.7 Å². The highest BCUT2D eigenvalue weighted by molar-refractivity contribution is 9.10. The van der Waals surface area contributed by atoms with Gasteiger partial charge in [0.25, 0.3) is 0 Å². The highest BCUT2D eigenvalue weighted by Gasteiger charge is 2.14. The van der Waals surface area contributed by atoms with Crippen molar-refractivity contribution in [3.63, 3.8) is 0 Å². The number of hydrogen-bond donors (Lipinski definition) is 0. The third-order valence-electron chi connectivity index (χ3n) is 3.06. The smallest absolute Gasteiger partial charge is 0.184 e. The first kappa shape index (κ1) is 14.7. The summed E-state index contributed by atoms with van der Waals surface area (Å²) in [7, 11) is 1.38. The largest absolute Gasteiger partial charge is 0.494 e. The molecule has 2 aromatic rings. The molecule has 6 heteroatoms. The average molecular weight is 341 g/mol. The molecule has 0 radical (unpaired) electrons. The van der Waals surface area contributed by atoms with Gasteiger partial charge in [0, 0.05) is 5.56 Å². The molecule has 0 saturated heterocycles. The fourth-order valence-corrected chi connectivity index (χ4v) is 2.18. The number of methoxy groups -OCH3 is 1. The average Bonchev–Trinajstić information content (AvgIpc) is 2.66. The molecule has 1 heterocycles. The Balaban J connectivity index is 2.24. The van der Waals surface area contributed by atoms with Gasteiger partial charge in [0.1, 0.15) is 6.54 Å². The summed E-state index contributed by atoms with van der Waals surface area (Å²) < 4.78 is 20.9. The van der Waals surface area contributed by atoms with Gasteiger partial charge in [0.15, 0.2) is 17.3 Å². The van der Waals surface area contributed by atoms with Crippen molar-refractivity contribution >= 4 is 21.7 Å². The number of nitrogens with zero attached hydrogens (tertiary/aromatic N) is 2. The normalized spacial score (nSPS) is 10.7. The van der Waals surface area contributed by atoms with E-state index in [0.29, 0.717) is 5.56 Å². The molecule has 20 heavy (non-hydrogen) atoms. The monoisotopic (exact) mass is 340 g/mol. The molecule has 0 aliphatic carbocycles. The van der Waals surface area contributed by atoms with E-state index in [1.165, 1.54) is 19.2 Å². The zero-order valence-electron chi connectivity index (χ0n) is 11.4. The van der Waals surface area contributed by atoms with E-state index in [4.69, 9.17) is 4.74 Å². The van der Waals surface area contributed by atoms with Crippen LogP contribution in [0.5, 0.6) is 5.75 Å². The lowest BCUT2D eigenvalue weighted by atomic mass is 10.1. The van der Waals surface area contributed by atoms with Gasteiger partial charge in [-0.25, -0.2) is 4.39 Å². The number of halogens is 2. The van der Waals surface area contributed by atoms with E-state index in [0.717, 1.165) is 15.9 Å². The first-order chi connectivity index (χ1) is 9.43. The minimum Gasteiger partial charge on any atom is -0.494 e. The maximum Gasteiger partial charge on any atom is 0.184 e. The molecule has 4 nitrogen and oxygen atoms in total. The second-order valence-corrected chi connectivity index (χ2v) is 5.21. The standard InChI is InChI=1S/C14H14BrFN2O2/c1-8-14(15)9(2)18(17-8)7-12(19)10-4-5-13(20-3)11(16)6-10/h4-6H,7H2,1-3H3. The molecule has 2 rings (SSSR count). The fourth-order valence-electron chi connectivity index (χ4n) is 1.90. The number of rotatable bonds is 4. The first-order valence-corrected chi connectivity index (χ1v) is 6.79. The number of carbonyl (C=O) groups excluding carboxylic acids is 1. The van der Waals surface area contributed by atoms with E-state index in [1.807, 2.05) is 13.8 Å². The summed E-state index contributed by atoms with van der Waals surface area (Å²) in [6.45, 7) is 3.79. The molecule has 0 amide bonds. The summed E-state index contributed by atoms with van der Waals surface area (Å²) in [6.07, 6.45) is 0. The quantitative estimate of drug-likeness (QED) is 0.802. The van der Waals surface area contributed by atoms with Crippen LogP contribution in [0.2, 0.25) is 0 Å². The lowest BCUT2D eigenvalue weighted by Crippen LogP contribution is -2.13. The number of carbonyl (C=O) groups is 1. The lowest BCUT2D eigenvalue weighted by Gasteiger charge is -2.06. The van der Waals surface area contributed by atoms with Gasteiger partial charge in [-0.1, -0.05) is 0 Å². The number of Topliss-reactive ketones (excluding diaryl/α,β-unsaturated/α-hetero) is 1. The highest BCUT2D eigenvalue weighted by Crippen LogP contribution is 2.21. The van der Waals surface area contributed by atoms with Crippen molar-refractivity contribution in [3.05, 3.63) is 45.4 Å². The molecule has 0 saturated carbocycles. The van der Waals surface area contributed by atoms with E-state index >= 15 is 0 Å². The molecular formula is C14H14BrFN2O2. The van der Waals surface area contributed by atoms with Crippen LogP contribution in [0.15, 0.2) is 22.7 Å². The third kappa shape index (κ3) is 2.75. The lowest BCUT2D eigenvalue weighted by molar-refractivity contribution is 0.0966. The van der Waals surface area contributed by atoms with Crippen LogP contribution in [0, 0.1) is 19.7 Å². The van der Waals surface area contributed by atoms with Crippen LogP contribution in [0.1, 0.15) is 21.7 Å². The highest BCUT2D eigenvalue weighted by atomic mass is 79.9. The Kier molecular flexibility index (Phi) is 4.23. The molecule has 0 spiro atoms. The van der Waals surface area contributed by atoms with Gasteiger partial charge in [-0.05, 0) is 48.0 Å². The molecule has 0 aliphatic rings. The zero-order valence-corrected chi connectivity index (χ0v) is 13.0. The van der Waals surface area contributed by atoms with E-state index < -0.39 is 5.82 Å². The summed E-state index contributed by atoms with van der Waals surface area (Å²) in [5.74, 6) is -0.632. The Morgan fingerprint density at radius 1 is 1.45 bits per heavy atom. The summed E-state index contributed by atoms with van der Waals surface area (Å²) >= 11 is 3.41. The fraction of sp³-hybridized carbons (Fsp3) is 0.286. The van der Waals surface area contributed by atoms with Crippen molar-refractivity contribution in [1.29, 1.82) is 0 Å². The number of benzene rings is 1. The Bertz CT molecular complexity index is 667. The van der Waals surface area contributed by atoms with Crippen molar-refractivity contribution in [2.45, 2.75) is 20.4 Å². The van der Waals surface area contributed by atoms with Crippen molar-refractivity contribution < 1.29 is 13.9 Å². The topological polar surface area (TPSA) is 44.1 Å². The van der Waals surface area contributed by atoms with Crippen molar-refractivity contribution in [1.82, 2.24) is 9.78 Å². The molecule has 0 unspecified atom stereocenters. The van der Waals surface area contributed by atoms with Gasteiger partial charge in [0.2, 0.25) is 0 Å². The predicted octanol–water partition coefficient (Wildman–Crippen LogP) is 3.29. The summed E-state index contributed by atoms with van der Waals surface area (Å²) in [5.41, 5.74) is 1.98. The third-order valence-corrected chi connectivity index (χ3v) is 4.21. The van der Waals surface area contributed by atoms with Gasteiger partial charge in [-0.2, -0.15) is 5.10 Å². The maximum atomic E-state index is 13.6. The SMILES string of the molecule is COc1ccc(C(=O)Cn2nc(C)c(Br)c2C)cc1F. The summed E-state index contributed by atoms with van der Waals surface area (Å²) in [4.78, 5) is 12.2. The number of ether oxygens (including phenoxy) is 1. The Morgan fingerprint density at radius 2 is 2.15 bits per heavy atom. The van der Waals surface area contributed by atoms with Gasteiger partial charge < -0.3 is 4.74 Å². The molecule has 106 valence electrons. The molecule has 0 bridgehead atoms. The van der Waals surface area contributed by atoms with Crippen molar-refractivity contribution in [2.24, 2.45) is 0 Å². The van der Waals surface area contributed by atoms with E-state index in [2.05, 4.69) is 21.0 Å². The van der Waals surface area contributed by atoms with E-state index in [-0.39, 0.29) is 18.1 Å². The molecule has 0 fully saturated rings. The van der Waals surface area contributed by atoms with Gasteiger partial charge in [0.05, 0.1) is 23.0 Å². The Morgan fingerprint density at radius 3 is 2.65 bits per heavy atom. The number of ketones is 1. The molecule has 1 aromatic carbocycles. The second-order valence-electron chi connectivity index (χ2n) is 4.41. The Hall–Kier alpha value is -1.69. The predicted molar refractivity (Wildman–Crippen MR) is 76.7 cm³/mol. The van der Waals surface area contributed by atoms with Crippen molar-refractivity contribution in [3.8, 4) is 5.75 Å². The molecule has 0 N–H and O–H groups in total. The van der Waals surface area contributed by atoms with Crippen molar-refractivity contribution in [2.75, 3.05) is 7.11 Å². The van der Waals surface area contributed by atoms with Gasteiger partial charge in [-0.15, -0.1) is 0 Å². The molecule has 1 aromatic heterocycles. The van der Waals surface area contributed by atoms with Crippen LogP contribution in [-0.2, 0) is 6.54 Å². The number of aromatic nitrogens is 2. The number of aryl methyl sites for hydroxylation is 1. The summed E-state index contributed by atoms with van der Waals surface area (Å²) in [6, 6.07) is 4.17. The zero-order chi connectivity index (χ0) is 14.9. The Labute approximate surface area is 124 Å². The van der Waals surface area contributed by atoms with Crippen LogP contribution in [0.25, 0.3) is 0 Å². The second kappa shape index (κ2) is 5.75. The van der Waals surface area contributed by atoms with E-state index in [9.17, 15) is 9.18 Å². The van der Waals surface area contributed by atoms with Crippen LogP contribution >= 0.6 is 15.9 Å². The molecule has 0 aliphatic heterocycles. The van der Waals surface area contributed by atoms with Crippen LogP contribution in [0.4, 0.5) is 4.39 Å². The summed E-state index contributed by atoms with van der Waals surface area (Å²) in [5, 5.41) is 4.26. The maximum absolute atomic E-state index is 13.6. The van der Waals surface area contributed by atoms with Crippen LogP contribution in [0.3, 0.4) is 0 Å². The van der Waals surface area contributed by atoms with E-state index in [1.54, 1.807) is 10.7 Å². The molecule has 0 atom stereocenters.